The number of hydrogen-bond donors (Lipinski definition) is 2. The van der Waals surface area contributed by atoms with Gasteiger partial charge in [0, 0.05) is 0 Å². The van der Waals surface area contributed by atoms with Crippen LogP contribution in [0.25, 0.3) is 0 Å². The highest BCUT2D eigenvalue weighted by Crippen LogP contribution is 2.19. The lowest BCUT2D eigenvalue weighted by Crippen LogP contribution is -2.27. The minimum absolute atomic E-state index is 0.0597. The van der Waals surface area contributed by atoms with Gasteiger partial charge in [0.25, 0.3) is 0 Å². The number of carbonyl (C=O) groups excluding carboxylic acids is 1. The Morgan fingerprint density at radius 2 is 2.13 bits per heavy atom. The average molecular weight is 207 g/mol. The molecule has 0 radical (unpaired) electrons. The molecule has 0 aliphatic carbocycles. The molecule has 0 aromatic heterocycles. The van der Waals surface area contributed by atoms with Gasteiger partial charge in [0.2, 0.25) is 5.91 Å². The van der Waals surface area contributed by atoms with Crippen LogP contribution in [0.2, 0.25) is 0 Å². The van der Waals surface area contributed by atoms with E-state index in [2.05, 4.69) is 5.32 Å². The van der Waals surface area contributed by atoms with Gasteiger partial charge in [0.15, 0.2) is 0 Å². The molecule has 0 saturated heterocycles. The first-order valence-corrected chi connectivity index (χ1v) is 4.80. The maximum atomic E-state index is 11.5. The Hall–Kier alpha value is -1.55. The van der Waals surface area contributed by atoms with Gasteiger partial charge in [0.1, 0.15) is 0 Å². The molecule has 0 atom stereocenters. The van der Waals surface area contributed by atoms with Crippen LogP contribution in [0.5, 0.6) is 0 Å². The summed E-state index contributed by atoms with van der Waals surface area (Å²) >= 11 is 0. The van der Waals surface area contributed by atoms with Gasteiger partial charge in [-0.3, -0.25) is 4.79 Å². The van der Waals surface area contributed by atoms with Gasteiger partial charge in [-0.2, -0.15) is 0 Å². The smallest absolute Gasteiger partial charge is 0.238 e. The molecule has 1 amide bonds. The Balaban J connectivity index is 2.68. The van der Waals surface area contributed by atoms with Gasteiger partial charge in [-0.05, 0) is 38.7 Å². The van der Waals surface area contributed by atoms with Crippen LogP contribution in [0.4, 0.5) is 11.4 Å². The van der Waals surface area contributed by atoms with E-state index in [0.29, 0.717) is 17.9 Å². The Bertz CT molecular complexity index is 361. The standard InChI is InChI=1S/C11H17N3O/c1-8-4-5-10(9(12)6-8)13-11(15)7-14(2)3/h4-6H,7,12H2,1-3H3,(H,13,15). The van der Waals surface area contributed by atoms with Gasteiger partial charge in [-0.15, -0.1) is 0 Å². The van der Waals surface area contributed by atoms with Crippen LogP contribution < -0.4 is 11.1 Å². The highest BCUT2D eigenvalue weighted by Gasteiger charge is 2.05. The zero-order chi connectivity index (χ0) is 11.4. The Morgan fingerprint density at radius 1 is 1.47 bits per heavy atom. The Labute approximate surface area is 90.1 Å². The molecule has 15 heavy (non-hydrogen) atoms. The number of nitrogens with zero attached hydrogens (tertiary/aromatic N) is 1. The largest absolute Gasteiger partial charge is 0.397 e. The fourth-order valence-corrected chi connectivity index (χ4v) is 1.27. The monoisotopic (exact) mass is 207 g/mol. The topological polar surface area (TPSA) is 58.4 Å². The highest BCUT2D eigenvalue weighted by molar-refractivity contribution is 5.95. The third-order valence-corrected chi connectivity index (χ3v) is 1.94. The van der Waals surface area contributed by atoms with Crippen molar-refractivity contribution in [3.8, 4) is 0 Å². The predicted octanol–water partition coefficient (Wildman–Crippen LogP) is 1.08. The third-order valence-electron chi connectivity index (χ3n) is 1.94. The number of likely N-dealkylation sites (N-methyl/N-ethyl adjacent to an activating group) is 1. The molecule has 0 saturated carbocycles. The normalized spacial score (nSPS) is 10.4. The van der Waals surface area contributed by atoms with Gasteiger partial charge < -0.3 is 16.0 Å². The summed E-state index contributed by atoms with van der Waals surface area (Å²) in [6, 6.07) is 5.57. The van der Waals surface area contributed by atoms with Gasteiger partial charge in [-0.25, -0.2) is 0 Å². The van der Waals surface area contributed by atoms with Crippen LogP contribution in [0.1, 0.15) is 5.56 Å². The van der Waals surface area contributed by atoms with E-state index in [1.54, 1.807) is 4.90 Å². The SMILES string of the molecule is Cc1ccc(NC(=O)CN(C)C)c(N)c1. The second-order valence-corrected chi connectivity index (χ2v) is 3.88. The minimum atomic E-state index is -0.0597. The average Bonchev–Trinajstić information content (AvgIpc) is 2.08. The number of anilines is 2. The van der Waals surface area contributed by atoms with E-state index in [9.17, 15) is 4.79 Å². The van der Waals surface area contributed by atoms with Crippen LogP contribution in [-0.2, 0) is 4.79 Å². The molecule has 0 fully saturated rings. The molecule has 0 aliphatic heterocycles. The van der Waals surface area contributed by atoms with Crippen LogP contribution in [-0.4, -0.2) is 31.4 Å². The first-order chi connectivity index (χ1) is 6.99. The number of nitrogen functional groups attached to an aromatic ring is 1. The maximum Gasteiger partial charge on any atom is 0.238 e. The molecule has 0 bridgehead atoms. The fraction of sp³-hybridized carbons (Fsp3) is 0.364. The van der Waals surface area contributed by atoms with Gasteiger partial charge in [0.05, 0.1) is 17.9 Å². The lowest BCUT2D eigenvalue weighted by atomic mass is 10.2. The molecule has 0 heterocycles. The molecule has 0 aliphatic rings. The van der Waals surface area contributed by atoms with Crippen molar-refractivity contribution in [2.45, 2.75) is 6.92 Å². The van der Waals surface area contributed by atoms with E-state index in [-0.39, 0.29) is 5.91 Å². The summed E-state index contributed by atoms with van der Waals surface area (Å²) in [5.74, 6) is -0.0597. The molecule has 4 nitrogen and oxygen atoms in total. The summed E-state index contributed by atoms with van der Waals surface area (Å²) in [6.45, 7) is 2.31. The van der Waals surface area contributed by atoms with Gasteiger partial charge >= 0.3 is 0 Å². The zero-order valence-electron chi connectivity index (χ0n) is 9.37. The lowest BCUT2D eigenvalue weighted by molar-refractivity contribution is -0.116. The first-order valence-electron chi connectivity index (χ1n) is 4.80. The highest BCUT2D eigenvalue weighted by atomic mass is 16.2. The van der Waals surface area contributed by atoms with Crippen molar-refractivity contribution in [2.75, 3.05) is 31.7 Å². The molecule has 1 aromatic rings. The molecule has 4 heteroatoms. The van der Waals surface area contributed by atoms with E-state index in [4.69, 9.17) is 5.73 Å². The van der Waals surface area contributed by atoms with E-state index in [1.165, 1.54) is 0 Å². The Morgan fingerprint density at radius 3 is 2.67 bits per heavy atom. The number of rotatable bonds is 3. The number of nitrogens with one attached hydrogen (secondary N) is 1. The van der Waals surface area contributed by atoms with Gasteiger partial charge in [-0.1, -0.05) is 6.07 Å². The molecular weight excluding hydrogens is 190 g/mol. The summed E-state index contributed by atoms with van der Waals surface area (Å²) in [4.78, 5) is 13.3. The summed E-state index contributed by atoms with van der Waals surface area (Å²) in [7, 11) is 3.69. The van der Waals surface area contributed by atoms with Crippen molar-refractivity contribution in [1.82, 2.24) is 4.90 Å². The minimum Gasteiger partial charge on any atom is -0.397 e. The lowest BCUT2D eigenvalue weighted by Gasteiger charge is -2.11. The van der Waals surface area contributed by atoms with Crippen molar-refractivity contribution >= 4 is 17.3 Å². The predicted molar refractivity (Wildman–Crippen MR) is 62.8 cm³/mol. The summed E-state index contributed by atoms with van der Waals surface area (Å²) in [5.41, 5.74) is 8.13. The first kappa shape index (κ1) is 11.5. The summed E-state index contributed by atoms with van der Waals surface area (Å²) in [5, 5.41) is 2.76. The number of aryl methyl sites for hydroxylation is 1. The van der Waals surface area contributed by atoms with Crippen LogP contribution in [0.3, 0.4) is 0 Å². The summed E-state index contributed by atoms with van der Waals surface area (Å²) in [6.07, 6.45) is 0. The Kier molecular flexibility index (Phi) is 3.68. The number of benzene rings is 1. The molecular formula is C11H17N3O. The number of carbonyl (C=O) groups is 1. The second kappa shape index (κ2) is 4.79. The van der Waals surface area contributed by atoms with Crippen molar-refractivity contribution in [3.05, 3.63) is 23.8 Å². The third kappa shape index (κ3) is 3.59. The van der Waals surface area contributed by atoms with E-state index in [1.807, 2.05) is 39.2 Å². The molecule has 1 aromatic carbocycles. The van der Waals surface area contributed by atoms with E-state index in [0.717, 1.165) is 5.56 Å². The van der Waals surface area contributed by atoms with Crippen molar-refractivity contribution in [1.29, 1.82) is 0 Å². The molecule has 0 spiro atoms. The molecule has 82 valence electrons. The molecule has 1 rings (SSSR count). The van der Waals surface area contributed by atoms with E-state index < -0.39 is 0 Å². The van der Waals surface area contributed by atoms with Crippen molar-refractivity contribution < 1.29 is 4.79 Å². The van der Waals surface area contributed by atoms with Crippen LogP contribution in [0, 0.1) is 6.92 Å². The quantitative estimate of drug-likeness (QED) is 0.729. The number of amides is 1. The number of nitrogens with two attached hydrogens (primary N) is 1. The van der Waals surface area contributed by atoms with Crippen LogP contribution >= 0.6 is 0 Å². The second-order valence-electron chi connectivity index (χ2n) is 3.88. The zero-order valence-corrected chi connectivity index (χ0v) is 9.37. The summed E-state index contributed by atoms with van der Waals surface area (Å²) < 4.78 is 0. The van der Waals surface area contributed by atoms with Crippen LogP contribution in [0.15, 0.2) is 18.2 Å². The van der Waals surface area contributed by atoms with E-state index >= 15 is 0 Å². The maximum absolute atomic E-state index is 11.5. The molecule has 0 unspecified atom stereocenters. The molecule has 3 N–H and O–H groups in total. The number of hydrogen-bond acceptors (Lipinski definition) is 3. The van der Waals surface area contributed by atoms with Crippen molar-refractivity contribution in [3.63, 3.8) is 0 Å². The fourth-order valence-electron chi connectivity index (χ4n) is 1.27. The van der Waals surface area contributed by atoms with Crippen molar-refractivity contribution in [2.24, 2.45) is 0 Å².